The molecule has 1 aliphatic rings. The van der Waals surface area contributed by atoms with Crippen molar-refractivity contribution in [3.8, 4) is 0 Å². The number of amides is 1. The van der Waals surface area contributed by atoms with Crippen molar-refractivity contribution in [3.63, 3.8) is 0 Å². The molecule has 1 aromatic rings. The van der Waals surface area contributed by atoms with Crippen molar-refractivity contribution in [1.29, 1.82) is 0 Å². The van der Waals surface area contributed by atoms with Crippen LogP contribution in [0.4, 0.5) is 0 Å². The van der Waals surface area contributed by atoms with E-state index in [0.29, 0.717) is 31.3 Å². The third kappa shape index (κ3) is 3.51. The predicted octanol–water partition coefficient (Wildman–Crippen LogP) is -0.458. The van der Waals surface area contributed by atoms with Gasteiger partial charge in [-0.1, -0.05) is 12.1 Å². The minimum atomic E-state index is -0.175. The molecule has 1 aromatic heterocycles. The van der Waals surface area contributed by atoms with Crippen molar-refractivity contribution in [2.45, 2.75) is 32.9 Å². The fraction of sp³-hybridized carbons (Fsp3) is 0.750. The van der Waals surface area contributed by atoms with E-state index in [1.165, 1.54) is 0 Å². The van der Waals surface area contributed by atoms with E-state index in [4.69, 9.17) is 4.52 Å². The lowest BCUT2D eigenvalue weighted by atomic mass is 10.1. The molecule has 7 nitrogen and oxygen atoms in total. The second-order valence-electron chi connectivity index (χ2n) is 4.54. The fourth-order valence-electron chi connectivity index (χ4n) is 2.16. The van der Waals surface area contributed by atoms with Crippen molar-refractivity contribution in [1.82, 2.24) is 25.7 Å². The molecule has 0 aliphatic carbocycles. The highest BCUT2D eigenvalue weighted by atomic mass is 16.5. The maximum atomic E-state index is 12.0. The third-order valence-corrected chi connectivity index (χ3v) is 3.17. The van der Waals surface area contributed by atoms with E-state index in [-0.39, 0.29) is 11.9 Å². The number of carbonyl (C=O) groups is 1. The van der Waals surface area contributed by atoms with Crippen LogP contribution in [0.2, 0.25) is 0 Å². The van der Waals surface area contributed by atoms with E-state index in [1.54, 1.807) is 0 Å². The maximum absolute atomic E-state index is 12.0. The van der Waals surface area contributed by atoms with Crippen LogP contribution in [0.25, 0.3) is 0 Å². The summed E-state index contributed by atoms with van der Waals surface area (Å²) in [5, 5.41) is 9.97. The van der Waals surface area contributed by atoms with Crippen LogP contribution >= 0.6 is 0 Å². The molecule has 0 spiro atoms. The number of rotatable bonds is 5. The second kappa shape index (κ2) is 6.63. The van der Waals surface area contributed by atoms with E-state index in [0.717, 1.165) is 19.5 Å². The molecule has 106 valence electrons. The molecule has 1 aliphatic heterocycles. The van der Waals surface area contributed by atoms with Crippen LogP contribution in [0.1, 0.15) is 25.6 Å². The summed E-state index contributed by atoms with van der Waals surface area (Å²) in [6, 6.07) is -0.175. The Morgan fingerprint density at radius 1 is 1.58 bits per heavy atom. The van der Waals surface area contributed by atoms with Crippen molar-refractivity contribution >= 4 is 5.91 Å². The zero-order chi connectivity index (χ0) is 13.7. The van der Waals surface area contributed by atoms with Crippen molar-refractivity contribution in [2.24, 2.45) is 0 Å². The number of nitrogens with one attached hydrogen (secondary N) is 2. The molecule has 1 unspecified atom stereocenters. The van der Waals surface area contributed by atoms with Crippen LogP contribution in [0.15, 0.2) is 4.52 Å². The Labute approximate surface area is 112 Å². The first-order chi connectivity index (χ1) is 9.24. The van der Waals surface area contributed by atoms with Gasteiger partial charge in [0.05, 0.1) is 6.54 Å². The largest absolute Gasteiger partial charge is 0.355 e. The normalized spacial score (nSPS) is 20.4. The summed E-state index contributed by atoms with van der Waals surface area (Å²) in [5.41, 5.74) is 0. The molecular formula is C12H21N5O2. The van der Waals surface area contributed by atoms with Gasteiger partial charge in [0.1, 0.15) is 6.04 Å². The number of piperazine rings is 1. The Morgan fingerprint density at radius 3 is 3.11 bits per heavy atom. The molecule has 1 fully saturated rings. The molecule has 0 bridgehead atoms. The van der Waals surface area contributed by atoms with Crippen LogP contribution in [-0.4, -0.2) is 53.2 Å². The lowest BCUT2D eigenvalue weighted by Crippen LogP contribution is -2.57. The van der Waals surface area contributed by atoms with Gasteiger partial charge in [-0.3, -0.25) is 9.69 Å². The Bertz CT molecular complexity index is 420. The molecule has 0 aromatic carbocycles. The van der Waals surface area contributed by atoms with E-state index in [1.807, 2.05) is 13.8 Å². The Morgan fingerprint density at radius 2 is 2.42 bits per heavy atom. The highest BCUT2D eigenvalue weighted by Gasteiger charge is 2.29. The van der Waals surface area contributed by atoms with Gasteiger partial charge in [0, 0.05) is 32.6 Å². The van der Waals surface area contributed by atoms with E-state index >= 15 is 0 Å². The summed E-state index contributed by atoms with van der Waals surface area (Å²) >= 11 is 0. The van der Waals surface area contributed by atoms with Gasteiger partial charge < -0.3 is 15.2 Å². The molecule has 7 heteroatoms. The highest BCUT2D eigenvalue weighted by Crippen LogP contribution is 2.09. The van der Waals surface area contributed by atoms with Gasteiger partial charge in [0.2, 0.25) is 11.8 Å². The summed E-state index contributed by atoms with van der Waals surface area (Å²) < 4.78 is 5.19. The van der Waals surface area contributed by atoms with Gasteiger partial charge in [0.15, 0.2) is 5.82 Å². The number of hydrogen-bond acceptors (Lipinski definition) is 6. The summed E-state index contributed by atoms with van der Waals surface area (Å²) in [5.74, 6) is 1.33. The SMILES string of the molecule is CCNC(=O)C1CNCCN1Cc1nc(CC)no1. The first-order valence-electron chi connectivity index (χ1n) is 6.78. The average molecular weight is 267 g/mol. The van der Waals surface area contributed by atoms with Gasteiger partial charge in [0.25, 0.3) is 0 Å². The van der Waals surface area contributed by atoms with E-state index in [9.17, 15) is 4.79 Å². The van der Waals surface area contributed by atoms with Gasteiger partial charge in [-0.2, -0.15) is 4.98 Å². The molecule has 2 heterocycles. The summed E-state index contributed by atoms with van der Waals surface area (Å²) in [4.78, 5) is 18.4. The molecule has 0 radical (unpaired) electrons. The number of likely N-dealkylation sites (N-methyl/N-ethyl adjacent to an activating group) is 1. The quantitative estimate of drug-likeness (QED) is 0.751. The topological polar surface area (TPSA) is 83.3 Å². The van der Waals surface area contributed by atoms with Gasteiger partial charge in [-0.25, -0.2) is 0 Å². The fourth-order valence-corrected chi connectivity index (χ4v) is 2.16. The monoisotopic (exact) mass is 267 g/mol. The molecular weight excluding hydrogens is 246 g/mol. The standard InChI is InChI=1S/C12H21N5O2/c1-3-10-15-11(19-16-10)8-17-6-5-13-7-9(17)12(18)14-4-2/h9,13H,3-8H2,1-2H3,(H,14,18). The van der Waals surface area contributed by atoms with Crippen LogP contribution in [0, 0.1) is 0 Å². The second-order valence-corrected chi connectivity index (χ2v) is 4.54. The lowest BCUT2D eigenvalue weighted by molar-refractivity contribution is -0.127. The van der Waals surface area contributed by atoms with E-state index < -0.39 is 0 Å². The summed E-state index contributed by atoms with van der Waals surface area (Å²) in [7, 11) is 0. The third-order valence-electron chi connectivity index (χ3n) is 3.17. The van der Waals surface area contributed by atoms with Gasteiger partial charge in [-0.15, -0.1) is 0 Å². The molecule has 2 N–H and O–H groups in total. The average Bonchev–Trinajstić information content (AvgIpc) is 2.87. The van der Waals surface area contributed by atoms with Crippen molar-refractivity contribution in [3.05, 3.63) is 11.7 Å². The smallest absolute Gasteiger partial charge is 0.240 e. The number of aromatic nitrogens is 2. The molecule has 2 rings (SSSR count). The van der Waals surface area contributed by atoms with Gasteiger partial charge in [-0.05, 0) is 6.92 Å². The number of nitrogens with zero attached hydrogens (tertiary/aromatic N) is 3. The van der Waals surface area contributed by atoms with Crippen molar-refractivity contribution in [2.75, 3.05) is 26.2 Å². The Balaban J connectivity index is 2.00. The minimum absolute atomic E-state index is 0.0462. The Kier molecular flexibility index (Phi) is 4.86. The number of aryl methyl sites for hydroxylation is 1. The van der Waals surface area contributed by atoms with Gasteiger partial charge >= 0.3 is 0 Å². The molecule has 1 saturated heterocycles. The predicted molar refractivity (Wildman–Crippen MR) is 69.4 cm³/mol. The Hall–Kier alpha value is -1.47. The lowest BCUT2D eigenvalue weighted by Gasteiger charge is -2.33. The summed E-state index contributed by atoms with van der Waals surface area (Å²) in [6.07, 6.45) is 0.755. The molecule has 19 heavy (non-hydrogen) atoms. The maximum Gasteiger partial charge on any atom is 0.240 e. The number of carbonyl (C=O) groups excluding carboxylic acids is 1. The minimum Gasteiger partial charge on any atom is -0.355 e. The van der Waals surface area contributed by atoms with Crippen molar-refractivity contribution < 1.29 is 9.32 Å². The molecule has 1 atom stereocenters. The van der Waals surface area contributed by atoms with Crippen LogP contribution < -0.4 is 10.6 Å². The highest BCUT2D eigenvalue weighted by molar-refractivity contribution is 5.82. The number of hydrogen-bond donors (Lipinski definition) is 2. The first-order valence-corrected chi connectivity index (χ1v) is 6.78. The zero-order valence-corrected chi connectivity index (χ0v) is 11.5. The molecule has 1 amide bonds. The van der Waals surface area contributed by atoms with Crippen LogP contribution in [-0.2, 0) is 17.8 Å². The first kappa shape index (κ1) is 14.0. The summed E-state index contributed by atoms with van der Waals surface area (Å²) in [6.45, 7) is 7.39. The van der Waals surface area contributed by atoms with Crippen LogP contribution in [0.3, 0.4) is 0 Å². The zero-order valence-electron chi connectivity index (χ0n) is 11.5. The molecule has 0 saturated carbocycles. The van der Waals surface area contributed by atoms with E-state index in [2.05, 4.69) is 25.7 Å². The van der Waals surface area contributed by atoms with Crippen LogP contribution in [0.5, 0.6) is 0 Å².